The number of thioether (sulfide) groups is 1. The first kappa shape index (κ1) is 23.5. The van der Waals surface area contributed by atoms with Gasteiger partial charge < -0.3 is 9.47 Å². The molecular formula is C31H25N3OS2. The number of aromatic nitrogens is 1. The normalized spacial score (nSPS) is 14.9. The molecule has 37 heavy (non-hydrogen) atoms. The van der Waals surface area contributed by atoms with E-state index in [1.54, 1.807) is 4.90 Å². The minimum Gasteiger partial charge on any atom is -0.378 e. The van der Waals surface area contributed by atoms with Gasteiger partial charge in [0.15, 0.2) is 4.32 Å². The summed E-state index contributed by atoms with van der Waals surface area (Å²) in [6, 6.07) is 31.2. The number of fused-ring (bicyclic) bond motifs is 2. The lowest BCUT2D eigenvalue weighted by Crippen LogP contribution is -2.27. The first-order chi connectivity index (χ1) is 18.0. The van der Waals surface area contributed by atoms with Gasteiger partial charge in [0.05, 0.1) is 10.6 Å². The maximum Gasteiger partial charge on any atom is 0.270 e. The van der Waals surface area contributed by atoms with Gasteiger partial charge in [0.25, 0.3) is 5.91 Å². The van der Waals surface area contributed by atoms with E-state index >= 15 is 0 Å². The Labute approximate surface area is 225 Å². The van der Waals surface area contributed by atoms with Crippen LogP contribution in [0.3, 0.4) is 0 Å². The number of rotatable bonds is 5. The van der Waals surface area contributed by atoms with E-state index in [0.29, 0.717) is 9.23 Å². The molecule has 182 valence electrons. The fourth-order valence-corrected chi connectivity index (χ4v) is 6.08. The van der Waals surface area contributed by atoms with Gasteiger partial charge >= 0.3 is 0 Å². The van der Waals surface area contributed by atoms with E-state index in [0.717, 1.165) is 34.4 Å². The molecule has 0 N–H and O–H groups in total. The zero-order valence-electron chi connectivity index (χ0n) is 20.6. The van der Waals surface area contributed by atoms with Gasteiger partial charge in [0, 0.05) is 49.0 Å². The first-order valence-electron chi connectivity index (χ1n) is 12.1. The number of hydrogen-bond donors (Lipinski definition) is 0. The molecule has 1 fully saturated rings. The highest BCUT2D eigenvalue weighted by Crippen LogP contribution is 2.37. The predicted molar refractivity (Wildman–Crippen MR) is 161 cm³/mol. The third-order valence-corrected chi connectivity index (χ3v) is 7.99. The largest absolute Gasteiger partial charge is 0.378 e. The van der Waals surface area contributed by atoms with Gasteiger partial charge in [-0.2, -0.15) is 0 Å². The van der Waals surface area contributed by atoms with Crippen molar-refractivity contribution in [1.82, 2.24) is 4.57 Å². The van der Waals surface area contributed by atoms with Crippen LogP contribution in [0.25, 0.3) is 27.8 Å². The summed E-state index contributed by atoms with van der Waals surface area (Å²) in [5.74, 6) is -0.0843. The molecule has 6 rings (SSSR count). The molecule has 1 aliphatic heterocycles. The Morgan fingerprint density at radius 2 is 1.62 bits per heavy atom. The quantitative estimate of drug-likeness (QED) is 0.180. The van der Waals surface area contributed by atoms with Gasteiger partial charge in [-0.3, -0.25) is 9.69 Å². The number of benzene rings is 4. The molecule has 5 aromatic rings. The van der Waals surface area contributed by atoms with E-state index in [-0.39, 0.29) is 5.91 Å². The molecular weight excluding hydrogens is 494 g/mol. The zero-order valence-corrected chi connectivity index (χ0v) is 22.2. The van der Waals surface area contributed by atoms with Gasteiger partial charge in [0.2, 0.25) is 0 Å². The van der Waals surface area contributed by atoms with Crippen LogP contribution in [0.1, 0.15) is 11.1 Å². The Bertz CT molecular complexity index is 1700. The predicted octanol–water partition coefficient (Wildman–Crippen LogP) is 7.31. The van der Waals surface area contributed by atoms with Crippen molar-refractivity contribution in [2.45, 2.75) is 6.54 Å². The Hall–Kier alpha value is -3.87. The smallest absolute Gasteiger partial charge is 0.270 e. The molecule has 0 spiro atoms. The second kappa shape index (κ2) is 9.54. The summed E-state index contributed by atoms with van der Waals surface area (Å²) in [5, 5.41) is 3.59. The molecule has 1 aromatic heterocycles. The average Bonchev–Trinajstić information content (AvgIpc) is 3.39. The van der Waals surface area contributed by atoms with E-state index < -0.39 is 0 Å². The van der Waals surface area contributed by atoms with Crippen molar-refractivity contribution in [3.05, 3.63) is 113 Å². The number of carbonyl (C=O) groups is 1. The van der Waals surface area contributed by atoms with Gasteiger partial charge in [-0.25, -0.2) is 0 Å². The molecule has 1 saturated heterocycles. The molecule has 0 unspecified atom stereocenters. The third kappa shape index (κ3) is 4.43. The Morgan fingerprint density at radius 1 is 0.892 bits per heavy atom. The highest BCUT2D eigenvalue weighted by Gasteiger charge is 2.33. The van der Waals surface area contributed by atoms with Gasteiger partial charge in [-0.15, -0.1) is 0 Å². The molecule has 0 radical (unpaired) electrons. The van der Waals surface area contributed by atoms with Crippen LogP contribution in [-0.2, 0) is 11.3 Å². The van der Waals surface area contributed by atoms with Crippen molar-refractivity contribution in [2.75, 3.05) is 23.9 Å². The number of para-hydroxylation sites is 1. The summed E-state index contributed by atoms with van der Waals surface area (Å²) in [6.45, 7) is 0.748. The lowest BCUT2D eigenvalue weighted by molar-refractivity contribution is -0.113. The molecule has 4 nitrogen and oxygen atoms in total. The van der Waals surface area contributed by atoms with Crippen LogP contribution in [0, 0.1) is 0 Å². The maximum absolute atomic E-state index is 13.4. The summed E-state index contributed by atoms with van der Waals surface area (Å²) in [4.78, 5) is 17.7. The van der Waals surface area contributed by atoms with E-state index in [1.807, 2.05) is 55.4 Å². The zero-order chi connectivity index (χ0) is 25.5. The molecule has 2 heterocycles. The molecule has 0 bridgehead atoms. The minimum absolute atomic E-state index is 0.0843. The van der Waals surface area contributed by atoms with Crippen LogP contribution in [0.15, 0.2) is 102 Å². The Balaban J connectivity index is 1.33. The first-order valence-corrected chi connectivity index (χ1v) is 13.3. The Kier molecular flexibility index (Phi) is 6.07. The monoisotopic (exact) mass is 519 g/mol. The number of nitrogens with zero attached hydrogens (tertiary/aromatic N) is 3. The second-order valence-corrected chi connectivity index (χ2v) is 11.0. The maximum atomic E-state index is 13.4. The lowest BCUT2D eigenvalue weighted by Gasteiger charge is -2.17. The third-order valence-electron chi connectivity index (χ3n) is 6.69. The van der Waals surface area contributed by atoms with Gasteiger partial charge in [0.1, 0.15) is 0 Å². The van der Waals surface area contributed by atoms with E-state index in [4.69, 9.17) is 12.2 Å². The topological polar surface area (TPSA) is 28.5 Å². The highest BCUT2D eigenvalue weighted by molar-refractivity contribution is 8.27. The standard InChI is InChI=1S/C31H25N3OS2/c1-32(2)25-13-15-26(16-14-25)34-30(35)29(37-31(34)36)18-24-20-33(28-10-6-5-9-27(24)28)19-21-11-12-22-7-3-4-8-23(22)17-21/h3-18,20H,19H2,1-2H3/b29-18-. The van der Waals surface area contributed by atoms with E-state index in [1.165, 1.54) is 28.1 Å². The van der Waals surface area contributed by atoms with Crippen molar-refractivity contribution in [2.24, 2.45) is 0 Å². The fraction of sp³-hybridized carbons (Fsp3) is 0.0968. The molecule has 4 aromatic carbocycles. The number of hydrogen-bond acceptors (Lipinski definition) is 4. The molecule has 1 amide bonds. The highest BCUT2D eigenvalue weighted by atomic mass is 32.2. The summed E-state index contributed by atoms with van der Waals surface area (Å²) in [7, 11) is 3.99. The van der Waals surface area contributed by atoms with Crippen molar-refractivity contribution < 1.29 is 4.79 Å². The van der Waals surface area contributed by atoms with E-state index in [9.17, 15) is 4.79 Å². The van der Waals surface area contributed by atoms with Crippen molar-refractivity contribution in [3.63, 3.8) is 0 Å². The summed E-state index contributed by atoms with van der Waals surface area (Å²) in [5.41, 5.74) is 5.24. The molecule has 1 aliphatic rings. The van der Waals surface area contributed by atoms with Crippen LogP contribution >= 0.6 is 24.0 Å². The van der Waals surface area contributed by atoms with Crippen LogP contribution < -0.4 is 9.80 Å². The molecule has 0 atom stereocenters. The molecule has 6 heteroatoms. The number of amides is 1. The summed E-state index contributed by atoms with van der Waals surface area (Å²) >= 11 is 6.97. The number of anilines is 2. The number of carbonyl (C=O) groups excluding carboxylic acids is 1. The van der Waals surface area contributed by atoms with Crippen LogP contribution in [0.2, 0.25) is 0 Å². The lowest BCUT2D eigenvalue weighted by atomic mass is 10.1. The Morgan fingerprint density at radius 3 is 2.41 bits per heavy atom. The SMILES string of the molecule is CN(C)c1ccc(N2C(=O)/C(=C/c3cn(Cc4ccc5ccccc5c4)c4ccccc34)SC2=S)cc1. The summed E-state index contributed by atoms with van der Waals surface area (Å²) in [6.07, 6.45) is 4.12. The number of thiocarbonyl (C=S) groups is 1. The van der Waals surface area contributed by atoms with E-state index in [2.05, 4.69) is 71.4 Å². The second-order valence-electron chi connectivity index (χ2n) is 9.34. The fourth-order valence-electron chi connectivity index (χ4n) is 4.79. The van der Waals surface area contributed by atoms with Crippen LogP contribution in [0.4, 0.5) is 11.4 Å². The van der Waals surface area contributed by atoms with Crippen LogP contribution in [-0.4, -0.2) is 28.9 Å². The summed E-state index contributed by atoms with van der Waals surface area (Å²) < 4.78 is 2.81. The van der Waals surface area contributed by atoms with Gasteiger partial charge in [-0.05, 0) is 58.8 Å². The van der Waals surface area contributed by atoms with Crippen molar-refractivity contribution in [3.8, 4) is 0 Å². The minimum atomic E-state index is -0.0843. The van der Waals surface area contributed by atoms with Crippen LogP contribution in [0.5, 0.6) is 0 Å². The molecule has 0 saturated carbocycles. The van der Waals surface area contributed by atoms with Gasteiger partial charge in [-0.1, -0.05) is 78.6 Å². The van der Waals surface area contributed by atoms with Crippen molar-refractivity contribution >= 4 is 73.3 Å². The van der Waals surface area contributed by atoms with Crippen molar-refractivity contribution in [1.29, 1.82) is 0 Å². The molecule has 0 aliphatic carbocycles. The average molecular weight is 520 g/mol.